The van der Waals surface area contributed by atoms with Gasteiger partial charge < -0.3 is 19.5 Å². The number of aliphatic hydroxyl groups is 1. The number of methoxy groups -OCH3 is 1. The van der Waals surface area contributed by atoms with Crippen molar-refractivity contribution in [2.45, 2.75) is 6.10 Å². The molecule has 0 radical (unpaired) electrons. The van der Waals surface area contributed by atoms with Crippen molar-refractivity contribution in [2.75, 3.05) is 27.3 Å². The smallest absolute Gasteiger partial charge is 0.260 e. The van der Waals surface area contributed by atoms with E-state index in [0.29, 0.717) is 5.75 Å². The summed E-state index contributed by atoms with van der Waals surface area (Å²) < 4.78 is 10.7. The summed E-state index contributed by atoms with van der Waals surface area (Å²) in [5, 5.41) is 10.4. The van der Waals surface area contributed by atoms with Crippen molar-refractivity contribution in [3.05, 3.63) is 84.4 Å². The Morgan fingerprint density at radius 3 is 2.10 bits per heavy atom. The van der Waals surface area contributed by atoms with Gasteiger partial charge in [-0.1, -0.05) is 54.6 Å². The maximum absolute atomic E-state index is 12.3. The molecule has 1 amide bonds. The predicted molar refractivity (Wildman–Crippen MR) is 113 cm³/mol. The summed E-state index contributed by atoms with van der Waals surface area (Å²) in [5.41, 5.74) is 2.94. The number of hydrogen-bond donors (Lipinski definition) is 1. The molecule has 0 aliphatic carbocycles. The van der Waals surface area contributed by atoms with Crippen LogP contribution in [0.25, 0.3) is 11.1 Å². The molecule has 29 heavy (non-hydrogen) atoms. The van der Waals surface area contributed by atoms with Crippen LogP contribution in [0.1, 0.15) is 11.7 Å². The SMILES string of the molecule is COc1ccc(C(O)CN(C)C(=O)COc2ccc(-c3ccccc3)cc2)cc1. The summed E-state index contributed by atoms with van der Waals surface area (Å²) >= 11 is 0. The Balaban J connectivity index is 1.50. The van der Waals surface area contributed by atoms with E-state index >= 15 is 0 Å². The molecule has 150 valence electrons. The molecule has 5 nitrogen and oxygen atoms in total. The maximum atomic E-state index is 12.3. The van der Waals surface area contributed by atoms with E-state index in [0.717, 1.165) is 22.4 Å². The maximum Gasteiger partial charge on any atom is 0.260 e. The van der Waals surface area contributed by atoms with Gasteiger partial charge in [-0.25, -0.2) is 0 Å². The number of amides is 1. The molecule has 0 spiro atoms. The summed E-state index contributed by atoms with van der Waals surface area (Å²) in [6, 6.07) is 24.8. The molecule has 3 aromatic carbocycles. The van der Waals surface area contributed by atoms with Gasteiger partial charge in [0, 0.05) is 7.05 Å². The molecule has 0 fully saturated rings. The highest BCUT2D eigenvalue weighted by Crippen LogP contribution is 2.22. The minimum absolute atomic E-state index is 0.0868. The van der Waals surface area contributed by atoms with Gasteiger partial charge in [-0.15, -0.1) is 0 Å². The van der Waals surface area contributed by atoms with Crippen LogP contribution in [0.2, 0.25) is 0 Å². The van der Waals surface area contributed by atoms with Gasteiger partial charge in [-0.2, -0.15) is 0 Å². The lowest BCUT2D eigenvalue weighted by atomic mass is 10.1. The second-order valence-corrected chi connectivity index (χ2v) is 6.74. The fourth-order valence-corrected chi connectivity index (χ4v) is 2.92. The molecule has 5 heteroatoms. The fourth-order valence-electron chi connectivity index (χ4n) is 2.92. The van der Waals surface area contributed by atoms with E-state index in [2.05, 4.69) is 0 Å². The molecule has 0 aromatic heterocycles. The van der Waals surface area contributed by atoms with E-state index in [1.807, 2.05) is 54.6 Å². The lowest BCUT2D eigenvalue weighted by Crippen LogP contribution is -2.34. The van der Waals surface area contributed by atoms with Crippen molar-refractivity contribution in [2.24, 2.45) is 0 Å². The average Bonchev–Trinajstić information content (AvgIpc) is 2.78. The van der Waals surface area contributed by atoms with Crippen LogP contribution < -0.4 is 9.47 Å². The quantitative estimate of drug-likeness (QED) is 0.632. The Bertz CT molecular complexity index is 908. The lowest BCUT2D eigenvalue weighted by molar-refractivity contribution is -0.133. The molecule has 0 saturated heterocycles. The Hall–Kier alpha value is -3.31. The van der Waals surface area contributed by atoms with Crippen molar-refractivity contribution in [3.63, 3.8) is 0 Å². The summed E-state index contributed by atoms with van der Waals surface area (Å²) in [4.78, 5) is 13.8. The monoisotopic (exact) mass is 391 g/mol. The van der Waals surface area contributed by atoms with E-state index in [1.165, 1.54) is 4.90 Å². The minimum Gasteiger partial charge on any atom is -0.497 e. The summed E-state index contributed by atoms with van der Waals surface area (Å²) in [6.07, 6.45) is -0.778. The number of benzene rings is 3. The van der Waals surface area contributed by atoms with Crippen LogP contribution in [0.3, 0.4) is 0 Å². The first-order valence-corrected chi connectivity index (χ1v) is 9.41. The highest BCUT2D eigenvalue weighted by molar-refractivity contribution is 5.77. The van der Waals surface area contributed by atoms with Gasteiger partial charge >= 0.3 is 0 Å². The van der Waals surface area contributed by atoms with Crippen LogP contribution in [0.5, 0.6) is 11.5 Å². The topological polar surface area (TPSA) is 59.0 Å². The van der Waals surface area contributed by atoms with Gasteiger partial charge in [0.05, 0.1) is 19.8 Å². The van der Waals surface area contributed by atoms with E-state index < -0.39 is 6.10 Å². The largest absolute Gasteiger partial charge is 0.497 e. The number of nitrogens with zero attached hydrogens (tertiary/aromatic N) is 1. The summed E-state index contributed by atoms with van der Waals surface area (Å²) in [6.45, 7) is 0.0952. The molecule has 0 saturated carbocycles. The zero-order valence-corrected chi connectivity index (χ0v) is 16.6. The fraction of sp³-hybridized carbons (Fsp3) is 0.208. The van der Waals surface area contributed by atoms with Crippen molar-refractivity contribution < 1.29 is 19.4 Å². The van der Waals surface area contributed by atoms with Crippen LogP contribution in [0, 0.1) is 0 Å². The normalized spacial score (nSPS) is 11.6. The number of carbonyl (C=O) groups excluding carboxylic acids is 1. The zero-order chi connectivity index (χ0) is 20.6. The van der Waals surface area contributed by atoms with E-state index in [9.17, 15) is 9.90 Å². The molecule has 0 heterocycles. The third kappa shape index (κ3) is 5.59. The Morgan fingerprint density at radius 1 is 0.897 bits per heavy atom. The summed E-state index contributed by atoms with van der Waals surface area (Å²) in [7, 11) is 3.24. The van der Waals surface area contributed by atoms with Crippen LogP contribution in [0.4, 0.5) is 0 Å². The van der Waals surface area contributed by atoms with Crippen LogP contribution in [-0.2, 0) is 4.79 Å². The van der Waals surface area contributed by atoms with Crippen molar-refractivity contribution in [1.29, 1.82) is 0 Å². The first kappa shape index (κ1) is 20.4. The van der Waals surface area contributed by atoms with Gasteiger partial charge in [0.2, 0.25) is 0 Å². The lowest BCUT2D eigenvalue weighted by Gasteiger charge is -2.21. The van der Waals surface area contributed by atoms with Crippen LogP contribution in [-0.4, -0.2) is 43.2 Å². The molecule has 3 rings (SSSR count). The molecule has 3 aromatic rings. The zero-order valence-electron chi connectivity index (χ0n) is 16.6. The third-order valence-electron chi connectivity index (χ3n) is 4.70. The van der Waals surface area contributed by atoms with Gasteiger partial charge in [0.25, 0.3) is 5.91 Å². The van der Waals surface area contributed by atoms with E-state index in [-0.39, 0.29) is 19.1 Å². The average molecular weight is 391 g/mol. The molecule has 1 unspecified atom stereocenters. The molecule has 0 aliphatic rings. The van der Waals surface area contributed by atoms with Crippen molar-refractivity contribution in [3.8, 4) is 22.6 Å². The van der Waals surface area contributed by atoms with Gasteiger partial charge in [-0.05, 0) is 41.0 Å². The number of ether oxygens (including phenoxy) is 2. The number of carbonyl (C=O) groups is 1. The number of likely N-dealkylation sites (N-methyl/N-ethyl adjacent to an activating group) is 1. The highest BCUT2D eigenvalue weighted by atomic mass is 16.5. The van der Waals surface area contributed by atoms with Crippen LogP contribution >= 0.6 is 0 Å². The molecule has 0 bridgehead atoms. The molecular formula is C24H25NO4. The van der Waals surface area contributed by atoms with Gasteiger partial charge in [-0.3, -0.25) is 4.79 Å². The molecule has 0 aliphatic heterocycles. The standard InChI is InChI=1S/C24H25NO4/c1-25(16-23(26)20-10-12-21(28-2)13-11-20)24(27)17-29-22-14-8-19(9-15-22)18-6-4-3-5-7-18/h3-15,23,26H,16-17H2,1-2H3. The Morgan fingerprint density at radius 2 is 1.48 bits per heavy atom. The minimum atomic E-state index is -0.778. The molecular weight excluding hydrogens is 366 g/mol. The highest BCUT2D eigenvalue weighted by Gasteiger charge is 2.16. The predicted octanol–water partition coefficient (Wildman–Crippen LogP) is 3.93. The number of aliphatic hydroxyl groups excluding tert-OH is 1. The van der Waals surface area contributed by atoms with Crippen molar-refractivity contribution in [1.82, 2.24) is 4.90 Å². The summed E-state index contributed by atoms with van der Waals surface area (Å²) in [5.74, 6) is 1.14. The van der Waals surface area contributed by atoms with Gasteiger partial charge in [0.1, 0.15) is 11.5 Å². The molecule has 1 atom stereocenters. The van der Waals surface area contributed by atoms with E-state index in [4.69, 9.17) is 9.47 Å². The first-order valence-electron chi connectivity index (χ1n) is 9.41. The Kier molecular flexibility index (Phi) is 6.87. The second-order valence-electron chi connectivity index (χ2n) is 6.74. The Labute approximate surface area is 171 Å². The van der Waals surface area contributed by atoms with Crippen LogP contribution in [0.15, 0.2) is 78.9 Å². The number of hydrogen-bond acceptors (Lipinski definition) is 4. The number of rotatable bonds is 8. The van der Waals surface area contributed by atoms with Crippen molar-refractivity contribution >= 4 is 5.91 Å². The van der Waals surface area contributed by atoms with E-state index in [1.54, 1.807) is 38.4 Å². The van der Waals surface area contributed by atoms with Gasteiger partial charge in [0.15, 0.2) is 6.61 Å². The molecule has 1 N–H and O–H groups in total. The second kappa shape index (κ2) is 9.75. The third-order valence-corrected chi connectivity index (χ3v) is 4.70. The first-order chi connectivity index (χ1) is 14.1.